The maximum Gasteiger partial charge on any atom is 0.196 e. The molecule has 0 unspecified atom stereocenters. The van der Waals surface area contributed by atoms with Gasteiger partial charge in [-0.15, -0.1) is 0 Å². The highest BCUT2D eigenvalue weighted by molar-refractivity contribution is 5.81. The van der Waals surface area contributed by atoms with Crippen molar-refractivity contribution in [3.05, 3.63) is 0 Å². The van der Waals surface area contributed by atoms with Crippen molar-refractivity contribution in [2.75, 3.05) is 26.2 Å². The van der Waals surface area contributed by atoms with E-state index in [0.29, 0.717) is 6.04 Å². The fraction of sp³-hybridized carbons (Fsp3) is 0.900. The van der Waals surface area contributed by atoms with Crippen LogP contribution in [-0.2, 0) is 0 Å². The van der Waals surface area contributed by atoms with Gasteiger partial charge in [-0.05, 0) is 26.7 Å². The molecule has 0 aromatic rings. The first-order chi connectivity index (χ1) is 6.29. The minimum atomic E-state index is 0.597. The summed E-state index contributed by atoms with van der Waals surface area (Å²) in [6.07, 6.45) is 2.52. The molecule has 13 heavy (non-hydrogen) atoms. The van der Waals surface area contributed by atoms with Crippen LogP contribution in [0.3, 0.4) is 0 Å². The second kappa shape index (κ2) is 3.56. The van der Waals surface area contributed by atoms with E-state index in [9.17, 15) is 0 Å². The molecule has 0 aliphatic carbocycles. The summed E-state index contributed by atoms with van der Waals surface area (Å²) in [5.41, 5.74) is 0. The van der Waals surface area contributed by atoms with E-state index in [1.807, 2.05) is 0 Å². The van der Waals surface area contributed by atoms with Gasteiger partial charge in [-0.1, -0.05) is 0 Å². The molecule has 3 heteroatoms. The normalized spacial score (nSPS) is 23.2. The molecule has 0 N–H and O–H groups in total. The van der Waals surface area contributed by atoms with Crippen LogP contribution in [0.1, 0.15) is 26.7 Å². The first-order valence-corrected chi connectivity index (χ1v) is 5.35. The predicted molar refractivity (Wildman–Crippen MR) is 55.0 cm³/mol. The average molecular weight is 181 g/mol. The lowest BCUT2D eigenvalue weighted by Crippen LogP contribution is -2.54. The van der Waals surface area contributed by atoms with E-state index in [0.717, 1.165) is 6.54 Å². The topological polar surface area (TPSA) is 18.8 Å². The number of hydrogen-bond donors (Lipinski definition) is 0. The van der Waals surface area contributed by atoms with Gasteiger partial charge < -0.3 is 9.80 Å². The number of rotatable bonds is 1. The Labute approximate surface area is 80.4 Å². The van der Waals surface area contributed by atoms with Crippen molar-refractivity contribution in [3.8, 4) is 0 Å². The van der Waals surface area contributed by atoms with Crippen LogP contribution in [0.4, 0.5) is 0 Å². The molecule has 0 saturated carbocycles. The molecule has 0 amide bonds. The minimum Gasteiger partial charge on any atom is -0.343 e. The Morgan fingerprint density at radius 2 is 1.92 bits per heavy atom. The molecular weight excluding hydrogens is 162 g/mol. The number of hydrogen-bond acceptors (Lipinski definition) is 3. The summed E-state index contributed by atoms with van der Waals surface area (Å²) in [5, 5.41) is 0. The van der Waals surface area contributed by atoms with Gasteiger partial charge >= 0.3 is 0 Å². The zero-order chi connectivity index (χ0) is 9.26. The van der Waals surface area contributed by atoms with Crippen LogP contribution in [0.5, 0.6) is 0 Å². The lowest BCUT2D eigenvalue weighted by Gasteiger charge is -2.43. The summed E-state index contributed by atoms with van der Waals surface area (Å²) in [6.45, 7) is 9.13. The molecule has 1 saturated heterocycles. The molecule has 0 atom stereocenters. The molecule has 2 rings (SSSR count). The van der Waals surface area contributed by atoms with Gasteiger partial charge in [0, 0.05) is 32.2 Å². The van der Waals surface area contributed by atoms with Gasteiger partial charge in [0.25, 0.3) is 0 Å². The second-order valence-electron chi connectivity index (χ2n) is 4.16. The van der Waals surface area contributed by atoms with Crippen LogP contribution in [0.15, 0.2) is 4.99 Å². The molecule has 0 aromatic carbocycles. The summed E-state index contributed by atoms with van der Waals surface area (Å²) in [7, 11) is 0. The van der Waals surface area contributed by atoms with Crippen molar-refractivity contribution < 1.29 is 0 Å². The fourth-order valence-electron chi connectivity index (χ4n) is 2.15. The smallest absolute Gasteiger partial charge is 0.196 e. The quantitative estimate of drug-likeness (QED) is 0.604. The molecule has 0 aromatic heterocycles. The lowest BCUT2D eigenvalue weighted by molar-refractivity contribution is 0.216. The average Bonchev–Trinajstić information content (AvgIpc) is 2.17. The summed E-state index contributed by atoms with van der Waals surface area (Å²) in [6, 6.07) is 0.597. The second-order valence-corrected chi connectivity index (χ2v) is 4.16. The zero-order valence-corrected chi connectivity index (χ0v) is 8.66. The van der Waals surface area contributed by atoms with Gasteiger partial charge in [0.2, 0.25) is 0 Å². The van der Waals surface area contributed by atoms with E-state index in [1.54, 1.807) is 0 Å². The number of guanidine groups is 1. The monoisotopic (exact) mass is 181 g/mol. The van der Waals surface area contributed by atoms with E-state index in [1.165, 1.54) is 38.4 Å². The van der Waals surface area contributed by atoms with Gasteiger partial charge in [-0.2, -0.15) is 0 Å². The van der Waals surface area contributed by atoms with Crippen LogP contribution < -0.4 is 0 Å². The van der Waals surface area contributed by atoms with Gasteiger partial charge in [-0.3, -0.25) is 4.99 Å². The molecule has 2 aliphatic heterocycles. The van der Waals surface area contributed by atoms with Crippen molar-refractivity contribution in [2.24, 2.45) is 4.99 Å². The maximum absolute atomic E-state index is 4.62. The Morgan fingerprint density at radius 1 is 1.15 bits per heavy atom. The van der Waals surface area contributed by atoms with Crippen LogP contribution >= 0.6 is 0 Å². The predicted octanol–water partition coefficient (Wildman–Crippen LogP) is 1.16. The fourth-order valence-corrected chi connectivity index (χ4v) is 2.15. The first kappa shape index (κ1) is 8.85. The largest absolute Gasteiger partial charge is 0.343 e. The maximum atomic E-state index is 4.62. The Kier molecular flexibility index (Phi) is 2.42. The van der Waals surface area contributed by atoms with Gasteiger partial charge in [0.1, 0.15) is 0 Å². The Balaban J connectivity index is 2.15. The summed E-state index contributed by atoms with van der Waals surface area (Å²) >= 11 is 0. The molecular formula is C10H19N3. The third kappa shape index (κ3) is 1.64. The number of fused-ring (bicyclic) bond motifs is 1. The highest BCUT2D eigenvalue weighted by Crippen LogP contribution is 2.15. The molecule has 0 radical (unpaired) electrons. The van der Waals surface area contributed by atoms with Crippen LogP contribution in [0.2, 0.25) is 0 Å². The summed E-state index contributed by atoms with van der Waals surface area (Å²) in [4.78, 5) is 9.49. The van der Waals surface area contributed by atoms with E-state index in [4.69, 9.17) is 0 Å². The Hall–Kier alpha value is -0.730. The summed E-state index contributed by atoms with van der Waals surface area (Å²) < 4.78 is 0. The van der Waals surface area contributed by atoms with Crippen LogP contribution in [0, 0.1) is 0 Å². The molecule has 2 aliphatic rings. The lowest BCUT2D eigenvalue weighted by atomic mass is 10.2. The number of aliphatic imine (C=N–C) groups is 1. The van der Waals surface area contributed by atoms with E-state index < -0.39 is 0 Å². The summed E-state index contributed by atoms with van der Waals surface area (Å²) in [5.74, 6) is 1.26. The van der Waals surface area contributed by atoms with Crippen molar-refractivity contribution in [3.63, 3.8) is 0 Å². The highest BCUT2D eigenvalue weighted by Gasteiger charge is 2.26. The molecule has 0 spiro atoms. The Bertz CT molecular complexity index is 210. The highest BCUT2D eigenvalue weighted by atomic mass is 15.4. The SMILES string of the molecule is CC(C)N1CCCN2CCCN=C21. The van der Waals surface area contributed by atoms with Crippen molar-refractivity contribution in [2.45, 2.75) is 32.7 Å². The minimum absolute atomic E-state index is 0.597. The van der Waals surface area contributed by atoms with E-state index in [-0.39, 0.29) is 0 Å². The standard InChI is InChI=1S/C10H19N3/c1-9(2)13-8-4-7-12-6-3-5-11-10(12)13/h9H,3-8H2,1-2H3. The van der Waals surface area contributed by atoms with Crippen molar-refractivity contribution >= 4 is 5.96 Å². The van der Waals surface area contributed by atoms with E-state index in [2.05, 4.69) is 28.6 Å². The van der Waals surface area contributed by atoms with Gasteiger partial charge in [0.05, 0.1) is 0 Å². The third-order valence-corrected chi connectivity index (χ3v) is 2.83. The molecule has 0 bridgehead atoms. The van der Waals surface area contributed by atoms with Crippen LogP contribution in [-0.4, -0.2) is 48.0 Å². The molecule has 2 heterocycles. The Morgan fingerprint density at radius 3 is 2.69 bits per heavy atom. The van der Waals surface area contributed by atoms with E-state index >= 15 is 0 Å². The van der Waals surface area contributed by atoms with Gasteiger partial charge in [0.15, 0.2) is 5.96 Å². The first-order valence-electron chi connectivity index (χ1n) is 5.35. The zero-order valence-electron chi connectivity index (χ0n) is 8.66. The molecule has 74 valence electrons. The van der Waals surface area contributed by atoms with Crippen LogP contribution in [0.25, 0.3) is 0 Å². The molecule has 1 fully saturated rings. The number of nitrogens with zero attached hydrogens (tertiary/aromatic N) is 3. The van der Waals surface area contributed by atoms with Crippen molar-refractivity contribution in [1.82, 2.24) is 9.80 Å². The van der Waals surface area contributed by atoms with Gasteiger partial charge in [-0.25, -0.2) is 0 Å². The van der Waals surface area contributed by atoms with Crippen molar-refractivity contribution in [1.29, 1.82) is 0 Å². The third-order valence-electron chi connectivity index (χ3n) is 2.83. The molecule has 3 nitrogen and oxygen atoms in total.